The summed E-state index contributed by atoms with van der Waals surface area (Å²) < 4.78 is 5.21. The Kier molecular flexibility index (Phi) is 5.55. The van der Waals surface area contributed by atoms with E-state index in [-0.39, 0.29) is 16.7 Å². The zero-order valence-electron chi connectivity index (χ0n) is 18.1. The van der Waals surface area contributed by atoms with E-state index in [1.807, 2.05) is 82.2 Å². The van der Waals surface area contributed by atoms with Gasteiger partial charge in [0.2, 0.25) is 0 Å². The summed E-state index contributed by atoms with van der Waals surface area (Å²) in [5.74, 6) is 1.81. The molecule has 0 aromatic heterocycles. The van der Waals surface area contributed by atoms with Crippen molar-refractivity contribution in [2.24, 2.45) is 0 Å². The van der Waals surface area contributed by atoms with E-state index in [4.69, 9.17) is 4.74 Å². The molecule has 2 heterocycles. The highest BCUT2D eigenvalue weighted by Gasteiger charge is 2.47. The maximum Gasteiger partial charge on any atom is 0.255 e. The summed E-state index contributed by atoms with van der Waals surface area (Å²) in [7, 11) is 1.62. The number of hydrogen-bond donors (Lipinski definition) is 0. The minimum Gasteiger partial charge on any atom is -0.497 e. The number of thioether (sulfide) groups is 1. The Balaban J connectivity index is 1.29. The third-order valence-electron chi connectivity index (χ3n) is 6.59. The van der Waals surface area contributed by atoms with Crippen LogP contribution in [0.3, 0.4) is 0 Å². The first-order valence-corrected chi connectivity index (χ1v) is 12.0. The summed E-state index contributed by atoms with van der Waals surface area (Å²) in [6.07, 6.45) is 1.58. The Hall–Kier alpha value is -2.99. The van der Waals surface area contributed by atoms with E-state index < -0.39 is 0 Å². The van der Waals surface area contributed by atoms with Crippen molar-refractivity contribution in [1.29, 1.82) is 0 Å². The van der Waals surface area contributed by atoms with Crippen LogP contribution in [-0.4, -0.2) is 59.0 Å². The van der Waals surface area contributed by atoms with Crippen LogP contribution >= 0.6 is 11.8 Å². The molecule has 0 atom stereocenters. The van der Waals surface area contributed by atoms with Crippen molar-refractivity contribution >= 4 is 34.3 Å². The van der Waals surface area contributed by atoms with E-state index >= 15 is 0 Å². The minimum atomic E-state index is -0.225. The van der Waals surface area contributed by atoms with Gasteiger partial charge in [0.25, 0.3) is 11.8 Å². The Morgan fingerprint density at radius 2 is 1.53 bits per heavy atom. The van der Waals surface area contributed by atoms with Gasteiger partial charge in [-0.2, -0.15) is 0 Å². The van der Waals surface area contributed by atoms with Crippen molar-refractivity contribution in [1.82, 2.24) is 9.80 Å². The monoisotopic (exact) mass is 446 g/mol. The highest BCUT2D eigenvalue weighted by molar-refractivity contribution is 8.00. The fraction of sp³-hybridized carbons (Fsp3) is 0.308. The van der Waals surface area contributed by atoms with Gasteiger partial charge in [0.05, 0.1) is 12.0 Å². The lowest BCUT2D eigenvalue weighted by Gasteiger charge is -2.44. The number of ether oxygens (including phenoxy) is 1. The molecule has 2 fully saturated rings. The molecule has 6 heteroatoms. The van der Waals surface area contributed by atoms with Crippen LogP contribution in [0.2, 0.25) is 0 Å². The number of carbonyl (C=O) groups excluding carboxylic acids is 2. The van der Waals surface area contributed by atoms with Gasteiger partial charge in [-0.3, -0.25) is 9.59 Å². The molecule has 0 radical (unpaired) electrons. The summed E-state index contributed by atoms with van der Waals surface area (Å²) in [4.78, 5) is 30.2. The topological polar surface area (TPSA) is 49.9 Å². The average molecular weight is 447 g/mol. The van der Waals surface area contributed by atoms with Gasteiger partial charge >= 0.3 is 0 Å². The minimum absolute atomic E-state index is 0.0620. The van der Waals surface area contributed by atoms with Gasteiger partial charge in [-0.25, -0.2) is 0 Å². The zero-order valence-corrected chi connectivity index (χ0v) is 18.9. The molecule has 0 aliphatic carbocycles. The Labute approximate surface area is 192 Å². The fourth-order valence-corrected chi connectivity index (χ4v) is 6.22. The van der Waals surface area contributed by atoms with Crippen molar-refractivity contribution in [3.05, 3.63) is 77.9 Å². The second-order valence-corrected chi connectivity index (χ2v) is 9.79. The quantitative estimate of drug-likeness (QED) is 0.587. The van der Waals surface area contributed by atoms with Crippen LogP contribution in [0.1, 0.15) is 33.6 Å². The molecule has 2 aliphatic heterocycles. The molecule has 1 spiro atoms. The van der Waals surface area contributed by atoms with Crippen molar-refractivity contribution in [2.45, 2.75) is 17.7 Å². The molecular weight excluding hydrogens is 420 g/mol. The molecule has 0 saturated carbocycles. The first-order valence-electron chi connectivity index (χ1n) is 11.0. The van der Waals surface area contributed by atoms with E-state index in [1.54, 1.807) is 7.11 Å². The lowest BCUT2D eigenvalue weighted by molar-refractivity contribution is 0.0498. The van der Waals surface area contributed by atoms with Gasteiger partial charge in [0, 0.05) is 36.5 Å². The second kappa shape index (κ2) is 8.51. The van der Waals surface area contributed by atoms with Crippen molar-refractivity contribution in [2.75, 3.05) is 32.5 Å². The van der Waals surface area contributed by atoms with Crippen LogP contribution in [0.5, 0.6) is 5.75 Å². The fourth-order valence-electron chi connectivity index (χ4n) is 4.76. The van der Waals surface area contributed by atoms with Crippen LogP contribution in [0.4, 0.5) is 0 Å². The largest absolute Gasteiger partial charge is 0.497 e. The highest BCUT2D eigenvalue weighted by Crippen LogP contribution is 2.44. The van der Waals surface area contributed by atoms with Crippen LogP contribution in [0, 0.1) is 0 Å². The Morgan fingerprint density at radius 1 is 0.844 bits per heavy atom. The van der Waals surface area contributed by atoms with Gasteiger partial charge in [0.15, 0.2) is 0 Å². The Bertz CT molecular complexity index is 1150. The highest BCUT2D eigenvalue weighted by atomic mass is 32.2. The molecule has 3 aromatic carbocycles. The second-order valence-electron chi connectivity index (χ2n) is 8.33. The van der Waals surface area contributed by atoms with Crippen LogP contribution in [0.25, 0.3) is 10.8 Å². The molecule has 2 aliphatic rings. The number of nitrogens with zero attached hydrogens (tertiary/aromatic N) is 2. The average Bonchev–Trinajstić information content (AvgIpc) is 3.26. The van der Waals surface area contributed by atoms with Gasteiger partial charge in [-0.05, 0) is 60.0 Å². The molecule has 5 rings (SSSR count). The van der Waals surface area contributed by atoms with E-state index in [1.165, 1.54) is 0 Å². The number of fused-ring (bicyclic) bond motifs is 1. The summed E-state index contributed by atoms with van der Waals surface area (Å²) in [6, 6.07) is 21.3. The predicted octanol–water partition coefficient (Wildman–Crippen LogP) is 4.67. The lowest BCUT2D eigenvalue weighted by Crippen LogP contribution is -2.53. The summed E-state index contributed by atoms with van der Waals surface area (Å²) in [5.41, 5.74) is 1.41. The molecule has 5 nitrogen and oxygen atoms in total. The summed E-state index contributed by atoms with van der Waals surface area (Å²) in [6.45, 7) is 2.06. The number of piperidine rings is 1. The molecule has 0 N–H and O–H groups in total. The van der Waals surface area contributed by atoms with Crippen molar-refractivity contribution in [3.8, 4) is 5.75 Å². The number of amides is 2. The molecule has 164 valence electrons. The van der Waals surface area contributed by atoms with E-state index in [9.17, 15) is 9.59 Å². The molecule has 0 unspecified atom stereocenters. The SMILES string of the molecule is COc1ccc(C(=O)N2CCSC23CCN(C(=O)c2ccc4ccccc4c2)CC3)cc1. The molecular formula is C26H26N2O3S. The number of methoxy groups -OCH3 is 1. The number of rotatable bonds is 3. The molecule has 2 amide bonds. The lowest BCUT2D eigenvalue weighted by atomic mass is 9.99. The molecule has 0 bridgehead atoms. The smallest absolute Gasteiger partial charge is 0.255 e. The van der Waals surface area contributed by atoms with Gasteiger partial charge in [-0.1, -0.05) is 30.3 Å². The van der Waals surface area contributed by atoms with Crippen LogP contribution in [-0.2, 0) is 0 Å². The van der Waals surface area contributed by atoms with Gasteiger partial charge in [-0.15, -0.1) is 11.8 Å². The van der Waals surface area contributed by atoms with Crippen LogP contribution < -0.4 is 4.74 Å². The maximum atomic E-state index is 13.3. The van der Waals surface area contributed by atoms with Crippen molar-refractivity contribution < 1.29 is 14.3 Å². The summed E-state index contributed by atoms with van der Waals surface area (Å²) in [5, 5.41) is 2.21. The van der Waals surface area contributed by atoms with Crippen molar-refractivity contribution in [3.63, 3.8) is 0 Å². The maximum absolute atomic E-state index is 13.3. The number of carbonyl (C=O) groups is 2. The molecule has 2 saturated heterocycles. The van der Waals surface area contributed by atoms with Gasteiger partial charge < -0.3 is 14.5 Å². The van der Waals surface area contributed by atoms with Crippen LogP contribution in [0.15, 0.2) is 66.7 Å². The third-order valence-corrected chi connectivity index (χ3v) is 8.14. The molecule has 3 aromatic rings. The predicted molar refractivity (Wildman–Crippen MR) is 128 cm³/mol. The first kappa shape index (κ1) is 20.9. The zero-order chi connectivity index (χ0) is 22.1. The molecule has 32 heavy (non-hydrogen) atoms. The number of benzene rings is 3. The van der Waals surface area contributed by atoms with Gasteiger partial charge in [0.1, 0.15) is 5.75 Å². The third kappa shape index (κ3) is 3.73. The number of hydrogen-bond acceptors (Lipinski definition) is 4. The standard InChI is InChI=1S/C26H26N2O3S/c1-31-23-10-8-20(9-11-23)25(30)28-16-17-32-26(28)12-14-27(15-13-26)24(29)22-7-6-19-4-2-3-5-21(19)18-22/h2-11,18H,12-17H2,1H3. The van der Waals surface area contributed by atoms with E-state index in [0.717, 1.165) is 47.2 Å². The van der Waals surface area contributed by atoms with E-state index in [2.05, 4.69) is 6.07 Å². The first-order chi connectivity index (χ1) is 15.6. The summed E-state index contributed by atoms with van der Waals surface area (Å²) >= 11 is 1.86. The normalized spacial score (nSPS) is 17.7. The van der Waals surface area contributed by atoms with E-state index in [0.29, 0.717) is 18.7 Å². The Morgan fingerprint density at radius 3 is 2.25 bits per heavy atom. The number of likely N-dealkylation sites (tertiary alicyclic amines) is 1.